The van der Waals surface area contributed by atoms with E-state index in [-0.39, 0.29) is 19.1 Å². The first-order valence-corrected chi connectivity index (χ1v) is 5.45. The quantitative estimate of drug-likeness (QED) is 0.451. The maximum absolute atomic E-state index is 11.2. The lowest BCUT2D eigenvalue weighted by Crippen LogP contribution is -2.36. The normalized spacial score (nSPS) is 14.8. The van der Waals surface area contributed by atoms with Gasteiger partial charge in [-0.05, 0) is 25.3 Å². The summed E-state index contributed by atoms with van der Waals surface area (Å²) >= 11 is 0. The van der Waals surface area contributed by atoms with Crippen LogP contribution in [-0.2, 0) is 14.3 Å². The van der Waals surface area contributed by atoms with Gasteiger partial charge in [0.05, 0.1) is 13.2 Å². The first-order valence-electron chi connectivity index (χ1n) is 5.45. The summed E-state index contributed by atoms with van der Waals surface area (Å²) in [5.41, 5.74) is 0. The third kappa shape index (κ3) is 7.19. The maximum atomic E-state index is 11.2. The molecule has 16 heavy (non-hydrogen) atoms. The van der Waals surface area contributed by atoms with E-state index in [0.717, 1.165) is 12.5 Å². The molecule has 92 valence electrons. The Morgan fingerprint density at radius 3 is 2.75 bits per heavy atom. The smallest absolute Gasteiger partial charge is 0.329 e. The molecule has 0 radical (unpaired) electrons. The second-order valence-corrected chi connectivity index (χ2v) is 3.87. The van der Waals surface area contributed by atoms with Crippen molar-refractivity contribution in [2.75, 3.05) is 32.8 Å². The number of carboxylic acid groups (broad SMARTS) is 1. The second kappa shape index (κ2) is 7.19. The average molecular weight is 230 g/mol. The van der Waals surface area contributed by atoms with Crippen molar-refractivity contribution in [2.45, 2.75) is 12.8 Å². The highest BCUT2D eigenvalue weighted by Crippen LogP contribution is 2.27. The molecule has 0 aromatic heterocycles. The van der Waals surface area contributed by atoms with Crippen LogP contribution in [0.25, 0.3) is 0 Å². The molecule has 0 heterocycles. The first-order chi connectivity index (χ1) is 7.68. The summed E-state index contributed by atoms with van der Waals surface area (Å²) in [6.45, 7) is 1.46. The molecule has 1 rings (SSSR count). The maximum Gasteiger partial charge on any atom is 0.329 e. The van der Waals surface area contributed by atoms with E-state index < -0.39 is 5.97 Å². The van der Waals surface area contributed by atoms with Crippen molar-refractivity contribution in [3.63, 3.8) is 0 Å². The van der Waals surface area contributed by atoms with Gasteiger partial charge in [-0.1, -0.05) is 0 Å². The minimum Gasteiger partial charge on any atom is -0.480 e. The molecule has 0 aromatic rings. The Bertz CT molecular complexity index is 241. The van der Waals surface area contributed by atoms with Crippen molar-refractivity contribution in [2.24, 2.45) is 5.92 Å². The van der Waals surface area contributed by atoms with Crippen LogP contribution >= 0.6 is 0 Å². The topological polar surface area (TPSA) is 87.7 Å². The minimum absolute atomic E-state index is 0.0837. The molecule has 0 aliphatic heterocycles. The highest BCUT2D eigenvalue weighted by atomic mass is 16.5. The van der Waals surface area contributed by atoms with Crippen LogP contribution in [0.2, 0.25) is 0 Å². The van der Waals surface area contributed by atoms with Gasteiger partial charge in [0.1, 0.15) is 6.61 Å². The van der Waals surface area contributed by atoms with E-state index >= 15 is 0 Å². The van der Waals surface area contributed by atoms with E-state index in [0.29, 0.717) is 13.1 Å². The summed E-state index contributed by atoms with van der Waals surface area (Å²) < 4.78 is 4.76. The van der Waals surface area contributed by atoms with Gasteiger partial charge in [0.2, 0.25) is 5.91 Å². The molecule has 0 saturated heterocycles. The highest BCUT2D eigenvalue weighted by Gasteiger charge is 2.20. The van der Waals surface area contributed by atoms with E-state index in [4.69, 9.17) is 9.84 Å². The third-order valence-electron chi connectivity index (χ3n) is 2.21. The van der Waals surface area contributed by atoms with Crippen LogP contribution in [0.1, 0.15) is 12.8 Å². The molecule has 3 N–H and O–H groups in total. The van der Waals surface area contributed by atoms with Crippen LogP contribution in [0.15, 0.2) is 0 Å². The van der Waals surface area contributed by atoms with Crippen LogP contribution in [-0.4, -0.2) is 49.8 Å². The molecule has 6 heteroatoms. The van der Waals surface area contributed by atoms with Gasteiger partial charge >= 0.3 is 5.97 Å². The summed E-state index contributed by atoms with van der Waals surface area (Å²) in [7, 11) is 0. The number of aliphatic carboxylic acids is 1. The predicted molar refractivity (Wildman–Crippen MR) is 57.1 cm³/mol. The number of carbonyl (C=O) groups is 2. The van der Waals surface area contributed by atoms with Gasteiger partial charge in [-0.15, -0.1) is 0 Å². The summed E-state index contributed by atoms with van der Waals surface area (Å²) in [4.78, 5) is 21.3. The molecular formula is C10H18N2O4. The number of hydrogen-bond donors (Lipinski definition) is 3. The van der Waals surface area contributed by atoms with Gasteiger partial charge in [0.15, 0.2) is 0 Å². The minimum atomic E-state index is -1.00. The molecule has 1 saturated carbocycles. The zero-order valence-corrected chi connectivity index (χ0v) is 9.20. The SMILES string of the molecule is O=C(O)COCCNC(=O)CNCC1CC1. The Balaban J connectivity index is 1.83. The molecular weight excluding hydrogens is 212 g/mol. The Hall–Kier alpha value is -1.14. The lowest BCUT2D eigenvalue weighted by Gasteiger charge is -2.06. The predicted octanol–water partition coefficient (Wildman–Crippen LogP) is -0.797. The van der Waals surface area contributed by atoms with E-state index in [9.17, 15) is 9.59 Å². The molecule has 1 fully saturated rings. The molecule has 0 aromatic carbocycles. The summed E-state index contributed by atoms with van der Waals surface area (Å²) in [5.74, 6) is -0.330. The third-order valence-corrected chi connectivity index (χ3v) is 2.21. The number of carboxylic acids is 1. The van der Waals surface area contributed by atoms with Gasteiger partial charge in [0, 0.05) is 6.54 Å². The molecule has 1 aliphatic carbocycles. The fourth-order valence-corrected chi connectivity index (χ4v) is 1.20. The Morgan fingerprint density at radius 2 is 2.12 bits per heavy atom. The molecule has 6 nitrogen and oxygen atoms in total. The lowest BCUT2D eigenvalue weighted by atomic mass is 10.4. The average Bonchev–Trinajstić information content (AvgIpc) is 3.00. The van der Waals surface area contributed by atoms with Gasteiger partial charge in [0.25, 0.3) is 0 Å². The van der Waals surface area contributed by atoms with E-state index in [1.807, 2.05) is 0 Å². The van der Waals surface area contributed by atoms with Crippen molar-refractivity contribution in [1.29, 1.82) is 0 Å². The van der Waals surface area contributed by atoms with Crippen LogP contribution in [0.5, 0.6) is 0 Å². The number of ether oxygens (including phenoxy) is 1. The van der Waals surface area contributed by atoms with Crippen LogP contribution in [0, 0.1) is 5.92 Å². The van der Waals surface area contributed by atoms with Crippen molar-refractivity contribution < 1.29 is 19.4 Å². The standard InChI is InChI=1S/C10H18N2O4/c13-9(6-11-5-8-1-2-8)12-3-4-16-7-10(14)15/h8,11H,1-7H2,(H,12,13)(H,14,15). The molecule has 1 amide bonds. The number of rotatable bonds is 9. The Morgan fingerprint density at radius 1 is 1.38 bits per heavy atom. The van der Waals surface area contributed by atoms with E-state index in [1.165, 1.54) is 12.8 Å². The fourth-order valence-electron chi connectivity index (χ4n) is 1.20. The molecule has 0 bridgehead atoms. The number of carbonyl (C=O) groups excluding carboxylic acids is 1. The Kier molecular flexibility index (Phi) is 5.81. The zero-order valence-electron chi connectivity index (χ0n) is 9.20. The van der Waals surface area contributed by atoms with Crippen molar-refractivity contribution in [3.05, 3.63) is 0 Å². The fraction of sp³-hybridized carbons (Fsp3) is 0.800. The van der Waals surface area contributed by atoms with E-state index in [1.54, 1.807) is 0 Å². The number of amides is 1. The first kappa shape index (κ1) is 12.9. The lowest BCUT2D eigenvalue weighted by molar-refractivity contribution is -0.142. The van der Waals surface area contributed by atoms with Crippen LogP contribution in [0.4, 0.5) is 0 Å². The van der Waals surface area contributed by atoms with Gasteiger partial charge in [-0.2, -0.15) is 0 Å². The van der Waals surface area contributed by atoms with Crippen molar-refractivity contribution in [1.82, 2.24) is 10.6 Å². The largest absolute Gasteiger partial charge is 0.480 e. The molecule has 0 unspecified atom stereocenters. The number of nitrogens with one attached hydrogen (secondary N) is 2. The number of hydrogen-bond acceptors (Lipinski definition) is 4. The molecule has 1 aliphatic rings. The van der Waals surface area contributed by atoms with Gasteiger partial charge in [-0.3, -0.25) is 4.79 Å². The molecule has 0 spiro atoms. The Labute approximate surface area is 94.3 Å². The highest BCUT2D eigenvalue weighted by molar-refractivity contribution is 5.77. The van der Waals surface area contributed by atoms with Crippen LogP contribution in [0.3, 0.4) is 0 Å². The van der Waals surface area contributed by atoms with Gasteiger partial charge in [-0.25, -0.2) is 4.79 Å². The molecule has 0 atom stereocenters. The summed E-state index contributed by atoms with van der Waals surface area (Å²) in [6, 6.07) is 0. The second-order valence-electron chi connectivity index (χ2n) is 3.87. The summed E-state index contributed by atoms with van der Waals surface area (Å²) in [6.07, 6.45) is 2.52. The van der Waals surface area contributed by atoms with Crippen molar-refractivity contribution >= 4 is 11.9 Å². The van der Waals surface area contributed by atoms with Crippen LogP contribution < -0.4 is 10.6 Å². The zero-order chi connectivity index (χ0) is 11.8. The van der Waals surface area contributed by atoms with E-state index in [2.05, 4.69) is 10.6 Å². The summed E-state index contributed by atoms with van der Waals surface area (Å²) in [5, 5.41) is 14.0. The monoisotopic (exact) mass is 230 g/mol. The van der Waals surface area contributed by atoms with Gasteiger partial charge < -0.3 is 20.5 Å². The van der Waals surface area contributed by atoms with Crippen molar-refractivity contribution in [3.8, 4) is 0 Å².